The fourth-order valence-electron chi connectivity index (χ4n) is 3.51. The van der Waals surface area contributed by atoms with Gasteiger partial charge < -0.3 is 24.1 Å². The number of carbonyl (C=O) groups excluding carboxylic acids is 2. The third kappa shape index (κ3) is 4.03. The minimum absolute atomic E-state index is 0.159. The summed E-state index contributed by atoms with van der Waals surface area (Å²) in [6.07, 6.45) is 1.36. The van der Waals surface area contributed by atoms with Gasteiger partial charge in [0.25, 0.3) is 0 Å². The molecule has 0 spiro atoms. The predicted octanol–water partition coefficient (Wildman–Crippen LogP) is 4.21. The number of nitrogens with one attached hydrogen (secondary N) is 1. The van der Waals surface area contributed by atoms with E-state index in [1.165, 1.54) is 0 Å². The summed E-state index contributed by atoms with van der Waals surface area (Å²) in [7, 11) is 3.14. The Morgan fingerprint density at radius 3 is 2.38 bits per heavy atom. The van der Waals surface area contributed by atoms with Gasteiger partial charge in [0.05, 0.1) is 37.5 Å². The number of methoxy groups -OCH3 is 2. The molecule has 1 fully saturated rings. The number of carbonyl (C=O) groups is 2. The molecule has 166 valence electrons. The maximum atomic E-state index is 13.0. The molecule has 8 nitrogen and oxygen atoms in total. The van der Waals surface area contributed by atoms with E-state index >= 15 is 0 Å². The summed E-state index contributed by atoms with van der Waals surface area (Å²) in [5.41, 5.74) is 1.66. The molecule has 0 atom stereocenters. The van der Waals surface area contributed by atoms with Crippen LogP contribution in [0.25, 0.3) is 11.3 Å². The van der Waals surface area contributed by atoms with Gasteiger partial charge >= 0.3 is 5.97 Å². The molecule has 0 radical (unpaired) electrons. The Hall–Kier alpha value is -3.81. The van der Waals surface area contributed by atoms with Gasteiger partial charge in [-0.3, -0.25) is 4.79 Å². The van der Waals surface area contributed by atoms with Crippen LogP contribution >= 0.6 is 0 Å². The van der Waals surface area contributed by atoms with E-state index in [-0.39, 0.29) is 5.91 Å². The molecule has 0 unspecified atom stereocenters. The molecular weight excluding hydrogens is 412 g/mol. The first-order chi connectivity index (χ1) is 15.5. The average molecular weight is 436 g/mol. The number of nitrogens with zero attached hydrogens (tertiary/aromatic N) is 1. The van der Waals surface area contributed by atoms with Crippen LogP contribution in [0, 0.1) is 0 Å². The third-order valence-electron chi connectivity index (χ3n) is 5.51. The number of rotatable bonds is 8. The Labute approximate surface area is 185 Å². The van der Waals surface area contributed by atoms with Gasteiger partial charge in [0.2, 0.25) is 5.91 Å². The highest BCUT2D eigenvalue weighted by molar-refractivity contribution is 6.01. The fraction of sp³-hybridized carbons (Fsp3) is 0.292. The van der Waals surface area contributed by atoms with Gasteiger partial charge in [-0.1, -0.05) is 5.16 Å². The van der Waals surface area contributed by atoms with E-state index in [0.717, 1.165) is 5.56 Å². The number of ether oxygens (including phenoxy) is 3. The van der Waals surface area contributed by atoms with E-state index in [4.69, 9.17) is 18.7 Å². The largest absolute Gasteiger partial charge is 0.493 e. The third-order valence-corrected chi connectivity index (χ3v) is 5.51. The van der Waals surface area contributed by atoms with Crippen LogP contribution in [0.2, 0.25) is 0 Å². The number of benzene rings is 2. The van der Waals surface area contributed by atoms with Crippen molar-refractivity contribution >= 4 is 17.6 Å². The molecule has 2 aromatic carbocycles. The lowest BCUT2D eigenvalue weighted by molar-refractivity contribution is -0.118. The number of esters is 1. The minimum atomic E-state index is -0.724. The van der Waals surface area contributed by atoms with Gasteiger partial charge in [-0.2, -0.15) is 0 Å². The average Bonchev–Trinajstić information content (AvgIpc) is 3.48. The van der Waals surface area contributed by atoms with Crippen molar-refractivity contribution in [1.82, 2.24) is 5.16 Å². The van der Waals surface area contributed by atoms with E-state index < -0.39 is 11.4 Å². The molecular formula is C24H24N2O6. The molecule has 1 amide bonds. The zero-order valence-corrected chi connectivity index (χ0v) is 18.1. The van der Waals surface area contributed by atoms with E-state index in [9.17, 15) is 9.59 Å². The van der Waals surface area contributed by atoms with E-state index in [1.807, 2.05) is 6.07 Å². The summed E-state index contributed by atoms with van der Waals surface area (Å²) in [5, 5.41) is 7.09. The minimum Gasteiger partial charge on any atom is -0.493 e. The van der Waals surface area contributed by atoms with Gasteiger partial charge in [0.15, 0.2) is 17.3 Å². The van der Waals surface area contributed by atoms with Gasteiger partial charge in [-0.15, -0.1) is 0 Å². The van der Waals surface area contributed by atoms with Crippen LogP contribution in [0.4, 0.5) is 5.69 Å². The standard InChI is InChI=1S/C24H24N2O6/c1-4-31-22(27)15-5-8-17(9-6-15)25-23(28)24(11-12-24)21-14-19(32-26-21)16-7-10-18(29-2)20(13-16)30-3/h5-10,13-14H,4,11-12H2,1-3H3,(H,25,28). The SMILES string of the molecule is CCOC(=O)c1ccc(NC(=O)C2(c3cc(-c4ccc(OC)c(OC)c4)on3)CC2)cc1. The van der Waals surface area contributed by atoms with Gasteiger partial charge in [0.1, 0.15) is 0 Å². The molecule has 1 aliphatic carbocycles. The highest BCUT2D eigenvalue weighted by atomic mass is 16.5. The molecule has 1 aromatic heterocycles. The van der Waals surface area contributed by atoms with Crippen molar-refractivity contribution in [2.45, 2.75) is 25.2 Å². The lowest BCUT2D eigenvalue weighted by Crippen LogP contribution is -2.28. The fourth-order valence-corrected chi connectivity index (χ4v) is 3.51. The monoisotopic (exact) mass is 436 g/mol. The van der Waals surface area contributed by atoms with E-state index in [1.54, 1.807) is 63.6 Å². The normalized spacial score (nSPS) is 13.8. The second-order valence-electron chi connectivity index (χ2n) is 7.48. The summed E-state index contributed by atoms with van der Waals surface area (Å²) in [6.45, 7) is 2.06. The van der Waals surface area contributed by atoms with Crippen LogP contribution in [-0.2, 0) is 14.9 Å². The first kappa shape index (κ1) is 21.4. The number of amides is 1. The van der Waals surface area contributed by atoms with Crippen LogP contribution in [0.3, 0.4) is 0 Å². The van der Waals surface area contributed by atoms with Gasteiger partial charge in [-0.05, 0) is 62.2 Å². The lowest BCUT2D eigenvalue weighted by atomic mass is 10.00. The topological polar surface area (TPSA) is 99.9 Å². The molecule has 1 heterocycles. The van der Waals surface area contributed by atoms with E-state index in [2.05, 4.69) is 10.5 Å². The lowest BCUT2D eigenvalue weighted by Gasteiger charge is -2.12. The molecule has 1 N–H and O–H groups in total. The highest BCUT2D eigenvalue weighted by Gasteiger charge is 2.53. The van der Waals surface area contributed by atoms with Gasteiger partial charge in [0, 0.05) is 17.3 Å². The maximum absolute atomic E-state index is 13.0. The molecule has 1 saturated carbocycles. The van der Waals surface area contributed by atoms with Crippen LogP contribution in [0.1, 0.15) is 35.8 Å². The van der Waals surface area contributed by atoms with Crippen molar-refractivity contribution in [1.29, 1.82) is 0 Å². The summed E-state index contributed by atoms with van der Waals surface area (Å²) >= 11 is 0. The van der Waals surface area contributed by atoms with Crippen LogP contribution in [0.15, 0.2) is 53.1 Å². The molecule has 1 aliphatic rings. The second-order valence-corrected chi connectivity index (χ2v) is 7.48. The number of hydrogen-bond donors (Lipinski definition) is 1. The van der Waals surface area contributed by atoms with Crippen LogP contribution < -0.4 is 14.8 Å². The van der Waals surface area contributed by atoms with Crippen molar-refractivity contribution in [2.75, 3.05) is 26.1 Å². The number of anilines is 1. The summed E-state index contributed by atoms with van der Waals surface area (Å²) < 4.78 is 21.1. The summed E-state index contributed by atoms with van der Waals surface area (Å²) in [4.78, 5) is 24.8. The Balaban J connectivity index is 1.49. The van der Waals surface area contributed by atoms with Crippen LogP contribution in [-0.4, -0.2) is 37.9 Å². The molecule has 0 bridgehead atoms. The first-order valence-corrected chi connectivity index (χ1v) is 10.3. The summed E-state index contributed by atoms with van der Waals surface area (Å²) in [6, 6.07) is 13.8. The predicted molar refractivity (Wildman–Crippen MR) is 117 cm³/mol. The molecule has 0 saturated heterocycles. The van der Waals surface area contributed by atoms with E-state index in [0.29, 0.717) is 53.7 Å². The molecule has 32 heavy (non-hydrogen) atoms. The zero-order valence-electron chi connectivity index (χ0n) is 18.1. The highest BCUT2D eigenvalue weighted by Crippen LogP contribution is 2.49. The Morgan fingerprint density at radius 1 is 1.03 bits per heavy atom. The quantitative estimate of drug-likeness (QED) is 0.528. The Morgan fingerprint density at radius 2 is 1.75 bits per heavy atom. The second kappa shape index (κ2) is 8.74. The Kier molecular flexibility index (Phi) is 5.85. The van der Waals surface area contributed by atoms with Gasteiger partial charge in [-0.25, -0.2) is 4.79 Å². The molecule has 4 rings (SSSR count). The Bertz CT molecular complexity index is 1130. The maximum Gasteiger partial charge on any atom is 0.338 e. The molecule has 0 aliphatic heterocycles. The smallest absolute Gasteiger partial charge is 0.338 e. The van der Waals surface area contributed by atoms with Crippen molar-refractivity contribution in [3.63, 3.8) is 0 Å². The molecule has 3 aromatic rings. The van der Waals surface area contributed by atoms with Crippen molar-refractivity contribution in [3.8, 4) is 22.8 Å². The number of hydrogen-bond acceptors (Lipinski definition) is 7. The number of aromatic nitrogens is 1. The van der Waals surface area contributed by atoms with Crippen molar-refractivity contribution < 1.29 is 28.3 Å². The van der Waals surface area contributed by atoms with Crippen molar-refractivity contribution in [3.05, 3.63) is 59.8 Å². The summed E-state index contributed by atoms with van der Waals surface area (Å²) in [5.74, 6) is 1.18. The first-order valence-electron chi connectivity index (χ1n) is 10.3. The molecule has 8 heteroatoms. The van der Waals surface area contributed by atoms with Crippen molar-refractivity contribution in [2.24, 2.45) is 0 Å². The van der Waals surface area contributed by atoms with Crippen LogP contribution in [0.5, 0.6) is 11.5 Å². The zero-order chi connectivity index (χ0) is 22.7.